The quantitative estimate of drug-likeness (QED) is 0.577. The van der Waals surface area contributed by atoms with Crippen LogP contribution < -0.4 is 0 Å². The average Bonchev–Trinajstić information content (AvgIpc) is 2.88. The lowest BCUT2D eigenvalue weighted by Crippen LogP contribution is -2.50. The van der Waals surface area contributed by atoms with Crippen molar-refractivity contribution in [2.24, 2.45) is 34.5 Å². The maximum absolute atomic E-state index is 12.0. The van der Waals surface area contributed by atoms with E-state index in [4.69, 9.17) is 4.74 Å². The number of ketones is 1. The number of hydrogen-bond acceptors (Lipinski definition) is 4. The predicted molar refractivity (Wildman–Crippen MR) is 112 cm³/mol. The van der Waals surface area contributed by atoms with Gasteiger partial charge in [-0.1, -0.05) is 32.6 Å². The molecule has 0 saturated heterocycles. The molecule has 0 unspecified atom stereocenters. The molecule has 29 heavy (non-hydrogen) atoms. The molecule has 3 fully saturated rings. The van der Waals surface area contributed by atoms with Gasteiger partial charge in [0.1, 0.15) is 0 Å². The van der Waals surface area contributed by atoms with Crippen molar-refractivity contribution in [2.45, 2.75) is 58.8 Å². The number of hydrogen-bond donors (Lipinski definition) is 0. The lowest BCUT2D eigenvalue weighted by atomic mass is 9.46. The summed E-state index contributed by atoms with van der Waals surface area (Å²) in [6.07, 6.45) is 8.29. The minimum atomic E-state index is -0.621. The first kappa shape index (κ1) is 20.4. The van der Waals surface area contributed by atoms with E-state index < -0.39 is 6.16 Å². The third-order valence-electron chi connectivity index (χ3n) is 8.97. The summed E-state index contributed by atoms with van der Waals surface area (Å²) in [6.45, 7) is 14.1. The number of allylic oxidation sites excluding steroid dienone is 3. The molecule has 0 amide bonds. The SMILES string of the molecule is C=C1C(=C)[C@H]2[C@@H]3CCC4=CC(=O)CC[C@]4(C)[C@H]3CC[C@]2(C)[C@@H]1CCOC(=O)OC. The summed E-state index contributed by atoms with van der Waals surface area (Å²) < 4.78 is 9.80. The molecule has 4 heteroatoms. The second-order valence-electron chi connectivity index (χ2n) is 10.1. The third-order valence-corrected chi connectivity index (χ3v) is 8.97. The molecule has 4 rings (SSSR count). The molecular formula is C25H34O4. The molecule has 4 aliphatic rings. The van der Waals surface area contributed by atoms with Crippen LogP contribution in [0.4, 0.5) is 4.79 Å². The van der Waals surface area contributed by atoms with Gasteiger partial charge in [0.15, 0.2) is 5.78 Å². The number of carbonyl (C=O) groups excluding carboxylic acids is 2. The van der Waals surface area contributed by atoms with Crippen molar-refractivity contribution in [1.29, 1.82) is 0 Å². The Morgan fingerprint density at radius 3 is 2.66 bits per heavy atom. The van der Waals surface area contributed by atoms with Crippen LogP contribution in [0.5, 0.6) is 0 Å². The summed E-state index contributed by atoms with van der Waals surface area (Å²) in [5.41, 5.74) is 4.04. The molecule has 0 spiro atoms. The minimum absolute atomic E-state index is 0.122. The van der Waals surface area contributed by atoms with Crippen molar-refractivity contribution in [1.82, 2.24) is 0 Å². The second kappa shape index (κ2) is 7.14. The van der Waals surface area contributed by atoms with E-state index >= 15 is 0 Å². The Kier molecular flexibility index (Phi) is 5.03. The van der Waals surface area contributed by atoms with Crippen LogP contribution in [0.15, 0.2) is 36.0 Å². The molecule has 0 aliphatic heterocycles. The van der Waals surface area contributed by atoms with Gasteiger partial charge in [-0.3, -0.25) is 4.79 Å². The highest BCUT2D eigenvalue weighted by Crippen LogP contribution is 2.69. The molecular weight excluding hydrogens is 364 g/mol. The Hall–Kier alpha value is -1.84. The van der Waals surface area contributed by atoms with Gasteiger partial charge < -0.3 is 9.47 Å². The Labute approximate surface area is 174 Å². The fourth-order valence-electron chi connectivity index (χ4n) is 7.49. The smallest absolute Gasteiger partial charge is 0.438 e. The molecule has 0 bridgehead atoms. The molecule has 4 nitrogen and oxygen atoms in total. The van der Waals surface area contributed by atoms with Crippen molar-refractivity contribution < 1.29 is 19.1 Å². The number of carbonyl (C=O) groups is 2. The first-order valence-electron chi connectivity index (χ1n) is 11.0. The molecule has 0 N–H and O–H groups in total. The highest BCUT2D eigenvalue weighted by molar-refractivity contribution is 5.91. The van der Waals surface area contributed by atoms with Gasteiger partial charge in [0, 0.05) is 6.42 Å². The van der Waals surface area contributed by atoms with Gasteiger partial charge in [-0.15, -0.1) is 0 Å². The van der Waals surface area contributed by atoms with Gasteiger partial charge in [-0.05, 0) is 90.2 Å². The molecule has 0 aromatic heterocycles. The predicted octanol–water partition coefficient (Wildman–Crippen LogP) is 5.64. The van der Waals surface area contributed by atoms with Crippen molar-refractivity contribution >= 4 is 11.9 Å². The zero-order valence-corrected chi connectivity index (χ0v) is 18.1. The van der Waals surface area contributed by atoms with E-state index in [2.05, 4.69) is 31.7 Å². The Morgan fingerprint density at radius 2 is 1.93 bits per heavy atom. The van der Waals surface area contributed by atoms with Gasteiger partial charge in [-0.2, -0.15) is 0 Å². The third kappa shape index (κ3) is 3.02. The first-order valence-corrected chi connectivity index (χ1v) is 11.0. The van der Waals surface area contributed by atoms with Crippen molar-refractivity contribution in [2.75, 3.05) is 13.7 Å². The standard InChI is InChI=1S/C25H34O4/c1-15-16(2)22-19-7-6-17-14-18(26)8-11-24(17,3)21(19)9-12-25(22,4)20(15)10-13-29-23(27)28-5/h14,19-22H,1-2,6-13H2,3-5H3/t19-,20-,21+,22+,24+,25-/m1/s1. The Balaban J connectivity index is 1.59. The van der Waals surface area contributed by atoms with Crippen LogP contribution in [0.1, 0.15) is 58.8 Å². The van der Waals surface area contributed by atoms with E-state index in [1.54, 1.807) is 0 Å². The van der Waals surface area contributed by atoms with Crippen LogP contribution >= 0.6 is 0 Å². The molecule has 0 heterocycles. The normalized spacial score (nSPS) is 41.2. The van der Waals surface area contributed by atoms with E-state index in [9.17, 15) is 9.59 Å². The van der Waals surface area contributed by atoms with Crippen LogP contribution in [-0.4, -0.2) is 25.7 Å². The van der Waals surface area contributed by atoms with Gasteiger partial charge in [0.25, 0.3) is 0 Å². The van der Waals surface area contributed by atoms with Crippen LogP contribution in [0.3, 0.4) is 0 Å². The van der Waals surface area contributed by atoms with Gasteiger partial charge in [0.2, 0.25) is 0 Å². The van der Waals surface area contributed by atoms with Crippen molar-refractivity contribution in [3.63, 3.8) is 0 Å². The van der Waals surface area contributed by atoms with E-state index in [1.807, 2.05) is 6.08 Å². The average molecular weight is 399 g/mol. The lowest BCUT2D eigenvalue weighted by molar-refractivity contribution is -0.117. The van der Waals surface area contributed by atoms with E-state index in [0.29, 0.717) is 42.5 Å². The van der Waals surface area contributed by atoms with E-state index in [-0.39, 0.29) is 10.8 Å². The fraction of sp³-hybridized carbons (Fsp3) is 0.680. The number of methoxy groups -OCH3 is 1. The maximum atomic E-state index is 12.0. The highest BCUT2D eigenvalue weighted by Gasteiger charge is 2.60. The van der Waals surface area contributed by atoms with E-state index in [0.717, 1.165) is 37.7 Å². The van der Waals surface area contributed by atoms with Crippen LogP contribution in [-0.2, 0) is 14.3 Å². The monoisotopic (exact) mass is 398 g/mol. The summed E-state index contributed by atoms with van der Waals surface area (Å²) >= 11 is 0. The molecule has 3 saturated carbocycles. The van der Waals surface area contributed by atoms with Crippen LogP contribution in [0, 0.1) is 34.5 Å². The molecule has 158 valence electrons. The number of ether oxygens (including phenoxy) is 2. The highest BCUT2D eigenvalue weighted by atomic mass is 16.7. The van der Waals surface area contributed by atoms with E-state index in [1.165, 1.54) is 24.7 Å². The van der Waals surface area contributed by atoms with Crippen LogP contribution in [0.2, 0.25) is 0 Å². The molecule has 6 atom stereocenters. The van der Waals surface area contributed by atoms with Crippen molar-refractivity contribution in [3.8, 4) is 0 Å². The molecule has 0 radical (unpaired) electrons. The fourth-order valence-corrected chi connectivity index (χ4v) is 7.49. The molecule has 4 aliphatic carbocycles. The zero-order chi connectivity index (χ0) is 21.0. The Bertz CT molecular complexity index is 793. The lowest BCUT2D eigenvalue weighted by Gasteiger charge is -2.58. The first-order chi connectivity index (χ1) is 13.7. The summed E-state index contributed by atoms with van der Waals surface area (Å²) in [5, 5.41) is 0. The largest absolute Gasteiger partial charge is 0.507 e. The summed E-state index contributed by atoms with van der Waals surface area (Å²) in [6, 6.07) is 0. The van der Waals surface area contributed by atoms with Crippen LogP contribution in [0.25, 0.3) is 0 Å². The van der Waals surface area contributed by atoms with Gasteiger partial charge >= 0.3 is 6.16 Å². The zero-order valence-electron chi connectivity index (χ0n) is 18.1. The number of rotatable bonds is 3. The summed E-state index contributed by atoms with van der Waals surface area (Å²) in [5.74, 6) is 2.25. The second-order valence-corrected chi connectivity index (χ2v) is 10.1. The van der Waals surface area contributed by atoms with Gasteiger partial charge in [0.05, 0.1) is 13.7 Å². The van der Waals surface area contributed by atoms with Crippen molar-refractivity contribution in [3.05, 3.63) is 36.0 Å². The van der Waals surface area contributed by atoms with Gasteiger partial charge in [-0.25, -0.2) is 4.79 Å². The summed E-state index contributed by atoms with van der Waals surface area (Å²) in [7, 11) is 1.34. The number of fused-ring (bicyclic) bond motifs is 5. The Morgan fingerprint density at radius 1 is 1.17 bits per heavy atom. The molecule has 0 aromatic rings. The molecule has 0 aromatic carbocycles. The maximum Gasteiger partial charge on any atom is 0.507 e. The topological polar surface area (TPSA) is 52.6 Å². The minimum Gasteiger partial charge on any atom is -0.438 e. The summed E-state index contributed by atoms with van der Waals surface area (Å²) in [4.78, 5) is 23.4.